The van der Waals surface area contributed by atoms with Crippen LogP contribution in [0.5, 0.6) is 11.5 Å². The van der Waals surface area contributed by atoms with E-state index >= 15 is 0 Å². The van der Waals surface area contributed by atoms with Gasteiger partial charge in [-0.25, -0.2) is 14.8 Å². The molecule has 0 atom stereocenters. The average molecular weight is 396 g/mol. The van der Waals surface area contributed by atoms with Crippen molar-refractivity contribution < 1.29 is 20.1 Å². The number of benzene rings is 1. The summed E-state index contributed by atoms with van der Waals surface area (Å²) in [5.74, 6) is -1.47. The van der Waals surface area contributed by atoms with E-state index in [2.05, 4.69) is 20.2 Å². The van der Waals surface area contributed by atoms with Crippen molar-refractivity contribution in [1.29, 1.82) is 0 Å². The Kier molecular flexibility index (Phi) is 4.44. The number of thiazole rings is 1. The molecule has 0 spiro atoms. The van der Waals surface area contributed by atoms with E-state index in [0.717, 1.165) is 39.9 Å². The van der Waals surface area contributed by atoms with Gasteiger partial charge in [-0.3, -0.25) is 5.10 Å². The summed E-state index contributed by atoms with van der Waals surface area (Å²) in [7, 11) is 0. The molecule has 0 saturated heterocycles. The molecule has 3 heterocycles. The van der Waals surface area contributed by atoms with Crippen LogP contribution in [0.1, 0.15) is 29.4 Å². The minimum Gasteiger partial charge on any atom is -0.508 e. The van der Waals surface area contributed by atoms with Crippen LogP contribution in [0.25, 0.3) is 32.0 Å². The number of carbonyl (C=O) groups is 1. The van der Waals surface area contributed by atoms with E-state index < -0.39 is 17.4 Å². The molecule has 0 aliphatic carbocycles. The highest BCUT2D eigenvalue weighted by Crippen LogP contribution is 2.37. The number of H-pyrrole nitrogens is 1. The SMILES string of the molecule is CCCc1c(O)ccc2c(-c3cnc(-c4cnc(C(=O)O)c(O)c4)s3)[nH]nc12. The predicted molar refractivity (Wildman–Crippen MR) is 105 cm³/mol. The number of aromatic nitrogens is 4. The molecule has 8 nitrogen and oxygen atoms in total. The Balaban J connectivity index is 1.75. The number of fused-ring (bicyclic) bond motifs is 1. The highest BCUT2D eigenvalue weighted by molar-refractivity contribution is 7.18. The van der Waals surface area contributed by atoms with Crippen LogP contribution in [0.4, 0.5) is 0 Å². The van der Waals surface area contributed by atoms with E-state index in [1.54, 1.807) is 12.3 Å². The number of hydrogen-bond donors (Lipinski definition) is 4. The lowest BCUT2D eigenvalue weighted by molar-refractivity contribution is 0.0687. The quantitative estimate of drug-likeness (QED) is 0.403. The number of aromatic amines is 1. The number of carboxylic acid groups (broad SMARTS) is 1. The first-order chi connectivity index (χ1) is 13.5. The van der Waals surface area contributed by atoms with Crippen LogP contribution in [-0.2, 0) is 6.42 Å². The van der Waals surface area contributed by atoms with E-state index in [1.165, 1.54) is 23.6 Å². The Morgan fingerprint density at radius 2 is 2.00 bits per heavy atom. The number of pyridine rings is 1. The molecule has 0 radical (unpaired) electrons. The fraction of sp³-hybridized carbons (Fsp3) is 0.158. The molecule has 142 valence electrons. The fourth-order valence-electron chi connectivity index (χ4n) is 3.07. The van der Waals surface area contributed by atoms with Gasteiger partial charge in [-0.05, 0) is 24.6 Å². The van der Waals surface area contributed by atoms with Gasteiger partial charge in [0.25, 0.3) is 0 Å². The molecule has 4 rings (SSSR count). The summed E-state index contributed by atoms with van der Waals surface area (Å²) in [5, 5.41) is 37.8. The van der Waals surface area contributed by atoms with Crippen molar-refractivity contribution in [1.82, 2.24) is 20.2 Å². The van der Waals surface area contributed by atoms with Gasteiger partial charge in [0.2, 0.25) is 0 Å². The lowest BCUT2D eigenvalue weighted by Gasteiger charge is -2.03. The maximum atomic E-state index is 11.0. The smallest absolute Gasteiger partial charge is 0.358 e. The van der Waals surface area contributed by atoms with Crippen LogP contribution in [0.2, 0.25) is 0 Å². The predicted octanol–water partition coefficient (Wildman–Crippen LogP) is 3.81. The molecule has 9 heteroatoms. The Bertz CT molecular complexity index is 1200. The molecule has 0 amide bonds. The number of hydrogen-bond acceptors (Lipinski definition) is 7. The molecule has 0 aliphatic heterocycles. The number of rotatable bonds is 5. The third-order valence-electron chi connectivity index (χ3n) is 4.38. The number of phenolic OH excluding ortho intramolecular Hbond substituents is 1. The van der Waals surface area contributed by atoms with Gasteiger partial charge >= 0.3 is 5.97 Å². The fourth-order valence-corrected chi connectivity index (χ4v) is 3.98. The van der Waals surface area contributed by atoms with Crippen molar-refractivity contribution in [3.8, 4) is 32.6 Å². The molecule has 0 bridgehead atoms. The van der Waals surface area contributed by atoms with Crippen molar-refractivity contribution in [2.75, 3.05) is 0 Å². The minimum absolute atomic E-state index is 0.234. The summed E-state index contributed by atoms with van der Waals surface area (Å²) in [6.45, 7) is 2.04. The van der Waals surface area contributed by atoms with Crippen LogP contribution in [-0.4, -0.2) is 41.5 Å². The molecule has 28 heavy (non-hydrogen) atoms. The number of aryl methyl sites for hydroxylation is 1. The normalized spacial score (nSPS) is 11.2. The topological polar surface area (TPSA) is 132 Å². The van der Waals surface area contributed by atoms with Gasteiger partial charge in [0, 0.05) is 28.9 Å². The number of phenols is 1. The van der Waals surface area contributed by atoms with Crippen molar-refractivity contribution >= 4 is 28.2 Å². The van der Waals surface area contributed by atoms with Crippen molar-refractivity contribution in [2.24, 2.45) is 0 Å². The maximum Gasteiger partial charge on any atom is 0.358 e. The molecule has 4 N–H and O–H groups in total. The average Bonchev–Trinajstić information content (AvgIpc) is 3.30. The number of nitrogens with zero attached hydrogens (tertiary/aromatic N) is 3. The second-order valence-electron chi connectivity index (χ2n) is 6.23. The van der Waals surface area contributed by atoms with E-state index in [9.17, 15) is 15.0 Å². The summed E-state index contributed by atoms with van der Waals surface area (Å²) in [4.78, 5) is 20.0. The lowest BCUT2D eigenvalue weighted by Crippen LogP contribution is -2.00. The van der Waals surface area contributed by atoms with Gasteiger partial charge in [0.1, 0.15) is 16.5 Å². The Hall–Kier alpha value is -3.46. The number of aromatic carboxylic acids is 1. The Morgan fingerprint density at radius 1 is 1.18 bits per heavy atom. The summed E-state index contributed by atoms with van der Waals surface area (Å²) in [6, 6.07) is 4.82. The van der Waals surface area contributed by atoms with Gasteiger partial charge in [-0.2, -0.15) is 5.10 Å². The second-order valence-corrected chi connectivity index (χ2v) is 7.27. The lowest BCUT2D eigenvalue weighted by atomic mass is 10.0. The Morgan fingerprint density at radius 3 is 2.71 bits per heavy atom. The molecule has 0 unspecified atom stereocenters. The zero-order valence-electron chi connectivity index (χ0n) is 14.8. The number of nitrogens with one attached hydrogen (secondary N) is 1. The monoisotopic (exact) mass is 396 g/mol. The maximum absolute atomic E-state index is 11.0. The van der Waals surface area contributed by atoms with E-state index in [0.29, 0.717) is 10.6 Å². The Labute approximate surface area is 163 Å². The van der Waals surface area contributed by atoms with Crippen molar-refractivity contribution in [3.63, 3.8) is 0 Å². The molecule has 4 aromatic rings. The molecule has 3 aromatic heterocycles. The number of aromatic hydroxyl groups is 2. The second kappa shape index (κ2) is 6.93. The highest BCUT2D eigenvalue weighted by atomic mass is 32.1. The number of carboxylic acids is 1. The van der Waals surface area contributed by atoms with E-state index in [1.807, 2.05) is 13.0 Å². The molecular formula is C19H16N4O4S. The summed E-state index contributed by atoms with van der Waals surface area (Å²) >= 11 is 1.36. The van der Waals surface area contributed by atoms with Crippen molar-refractivity contribution in [2.45, 2.75) is 19.8 Å². The summed E-state index contributed by atoms with van der Waals surface area (Å²) in [6.07, 6.45) is 4.67. The molecular weight excluding hydrogens is 380 g/mol. The highest BCUT2D eigenvalue weighted by Gasteiger charge is 2.18. The largest absolute Gasteiger partial charge is 0.508 e. The van der Waals surface area contributed by atoms with Gasteiger partial charge in [-0.15, -0.1) is 11.3 Å². The molecule has 0 fully saturated rings. The van der Waals surface area contributed by atoms with Gasteiger partial charge in [0.15, 0.2) is 5.69 Å². The standard InChI is InChI=1S/C19H16N4O4S/c1-2-3-10-12(24)5-4-11-15(10)22-23-16(11)14-8-21-18(28-14)9-6-13(25)17(19(26)27)20-7-9/h4-8,24-25H,2-3H2,1H3,(H,22,23)(H,26,27). The third-order valence-corrected chi connectivity index (χ3v) is 5.44. The third kappa shape index (κ3) is 2.95. The minimum atomic E-state index is -1.29. The van der Waals surface area contributed by atoms with Gasteiger partial charge < -0.3 is 15.3 Å². The zero-order valence-corrected chi connectivity index (χ0v) is 15.6. The zero-order chi connectivity index (χ0) is 19.8. The van der Waals surface area contributed by atoms with Crippen molar-refractivity contribution in [3.05, 3.63) is 41.9 Å². The summed E-state index contributed by atoms with van der Waals surface area (Å²) < 4.78 is 0. The van der Waals surface area contributed by atoms with Crippen LogP contribution in [0.15, 0.2) is 30.6 Å². The van der Waals surface area contributed by atoms with Gasteiger partial charge in [-0.1, -0.05) is 13.3 Å². The first-order valence-electron chi connectivity index (χ1n) is 8.57. The van der Waals surface area contributed by atoms with E-state index in [-0.39, 0.29) is 5.75 Å². The molecule has 0 saturated carbocycles. The van der Waals surface area contributed by atoms with Crippen LogP contribution in [0.3, 0.4) is 0 Å². The van der Waals surface area contributed by atoms with Crippen LogP contribution < -0.4 is 0 Å². The summed E-state index contributed by atoms with van der Waals surface area (Å²) in [5.41, 5.74) is 2.45. The molecule has 0 aliphatic rings. The van der Waals surface area contributed by atoms with Gasteiger partial charge in [0.05, 0.1) is 16.1 Å². The van der Waals surface area contributed by atoms with Crippen LogP contribution in [0, 0.1) is 0 Å². The molecule has 1 aromatic carbocycles. The first-order valence-corrected chi connectivity index (χ1v) is 9.39. The van der Waals surface area contributed by atoms with Crippen LogP contribution >= 0.6 is 11.3 Å². The van der Waals surface area contributed by atoms with E-state index in [4.69, 9.17) is 5.11 Å². The first kappa shape index (κ1) is 17.9.